The van der Waals surface area contributed by atoms with E-state index in [1.807, 2.05) is 0 Å². The van der Waals surface area contributed by atoms with E-state index in [0.29, 0.717) is 18.8 Å². The fraction of sp³-hybridized carbons (Fsp3) is 0.778. The van der Waals surface area contributed by atoms with Crippen LogP contribution in [0.25, 0.3) is 0 Å². The molecule has 2 fully saturated rings. The number of hydrogen-bond donors (Lipinski definition) is 1. The van der Waals surface area contributed by atoms with Gasteiger partial charge in [-0.15, -0.1) is 0 Å². The van der Waals surface area contributed by atoms with Crippen molar-refractivity contribution in [1.82, 2.24) is 5.32 Å². The third-order valence-corrected chi connectivity index (χ3v) is 2.87. The van der Waals surface area contributed by atoms with Gasteiger partial charge < -0.3 is 4.74 Å². The maximum atomic E-state index is 11.5. The standard InChI is InChI=1S/C9H13NO3/c1-6-3-2-4-9(5-6)7(11)10-8(12)13-9/h6H,2-5H2,1H3,(H,10,11,12). The highest BCUT2D eigenvalue weighted by molar-refractivity contribution is 6.02. The Balaban J connectivity index is 2.19. The topological polar surface area (TPSA) is 55.4 Å². The summed E-state index contributed by atoms with van der Waals surface area (Å²) >= 11 is 0. The molecule has 2 atom stereocenters. The smallest absolute Gasteiger partial charge is 0.415 e. The lowest BCUT2D eigenvalue weighted by Gasteiger charge is -2.32. The number of carbonyl (C=O) groups is 2. The van der Waals surface area contributed by atoms with Gasteiger partial charge in [0.2, 0.25) is 0 Å². The van der Waals surface area contributed by atoms with Gasteiger partial charge in [0, 0.05) is 0 Å². The van der Waals surface area contributed by atoms with Crippen molar-refractivity contribution in [3.63, 3.8) is 0 Å². The Hall–Kier alpha value is -1.06. The monoisotopic (exact) mass is 183 g/mol. The number of rotatable bonds is 0. The molecule has 1 N–H and O–H groups in total. The Kier molecular flexibility index (Phi) is 1.78. The van der Waals surface area contributed by atoms with Gasteiger partial charge in [-0.25, -0.2) is 4.79 Å². The summed E-state index contributed by atoms with van der Waals surface area (Å²) in [5.74, 6) is 0.217. The minimum Gasteiger partial charge on any atom is -0.432 e. The molecule has 1 aliphatic carbocycles. The van der Waals surface area contributed by atoms with Crippen LogP contribution >= 0.6 is 0 Å². The molecule has 0 aromatic rings. The van der Waals surface area contributed by atoms with E-state index in [2.05, 4.69) is 12.2 Å². The molecular weight excluding hydrogens is 170 g/mol. The molecule has 1 aliphatic heterocycles. The maximum Gasteiger partial charge on any atom is 0.415 e. The van der Waals surface area contributed by atoms with E-state index in [1.165, 1.54) is 0 Å². The molecule has 1 saturated heterocycles. The van der Waals surface area contributed by atoms with Crippen LogP contribution in [-0.4, -0.2) is 17.6 Å². The van der Waals surface area contributed by atoms with Gasteiger partial charge in [-0.3, -0.25) is 10.1 Å². The first kappa shape index (κ1) is 8.53. The molecule has 1 spiro atoms. The molecule has 0 radical (unpaired) electrons. The van der Waals surface area contributed by atoms with Crippen LogP contribution in [0.15, 0.2) is 0 Å². The van der Waals surface area contributed by atoms with Crippen LogP contribution in [0.5, 0.6) is 0 Å². The van der Waals surface area contributed by atoms with Gasteiger partial charge in [-0.1, -0.05) is 13.3 Å². The number of nitrogens with one attached hydrogen (secondary N) is 1. The van der Waals surface area contributed by atoms with Crippen molar-refractivity contribution in [2.24, 2.45) is 5.92 Å². The van der Waals surface area contributed by atoms with Crippen molar-refractivity contribution >= 4 is 12.0 Å². The summed E-state index contributed by atoms with van der Waals surface area (Å²) in [5.41, 5.74) is -0.825. The fourth-order valence-electron chi connectivity index (χ4n) is 2.26. The van der Waals surface area contributed by atoms with Gasteiger partial charge >= 0.3 is 6.09 Å². The van der Waals surface area contributed by atoms with Crippen LogP contribution in [0.3, 0.4) is 0 Å². The third-order valence-electron chi connectivity index (χ3n) is 2.87. The summed E-state index contributed by atoms with van der Waals surface area (Å²) in [5, 5.41) is 2.20. The van der Waals surface area contributed by atoms with E-state index in [0.717, 1.165) is 12.8 Å². The first-order valence-corrected chi connectivity index (χ1v) is 4.67. The fourth-order valence-corrected chi connectivity index (χ4v) is 2.26. The maximum absolute atomic E-state index is 11.5. The highest BCUT2D eigenvalue weighted by atomic mass is 16.6. The van der Waals surface area contributed by atoms with Crippen LogP contribution in [0, 0.1) is 5.92 Å². The van der Waals surface area contributed by atoms with Crippen molar-refractivity contribution in [3.8, 4) is 0 Å². The van der Waals surface area contributed by atoms with E-state index < -0.39 is 11.7 Å². The summed E-state index contributed by atoms with van der Waals surface area (Å²) in [4.78, 5) is 22.3. The highest BCUT2D eigenvalue weighted by Gasteiger charge is 2.50. The van der Waals surface area contributed by atoms with Gasteiger partial charge in [0.25, 0.3) is 5.91 Å². The number of ether oxygens (including phenoxy) is 1. The Morgan fingerprint density at radius 3 is 2.85 bits per heavy atom. The molecule has 72 valence electrons. The second kappa shape index (κ2) is 2.72. The SMILES string of the molecule is CC1CCCC2(C1)OC(=O)NC2=O. The van der Waals surface area contributed by atoms with Crippen LogP contribution in [0.4, 0.5) is 4.79 Å². The zero-order valence-corrected chi connectivity index (χ0v) is 7.63. The molecule has 0 bridgehead atoms. The molecule has 13 heavy (non-hydrogen) atoms. The average molecular weight is 183 g/mol. The van der Waals surface area contributed by atoms with Crippen molar-refractivity contribution in [2.75, 3.05) is 0 Å². The molecule has 2 amide bonds. The van der Waals surface area contributed by atoms with E-state index >= 15 is 0 Å². The molecule has 2 unspecified atom stereocenters. The lowest BCUT2D eigenvalue weighted by Crippen LogP contribution is -2.42. The number of imide groups is 1. The predicted molar refractivity (Wildman–Crippen MR) is 45.0 cm³/mol. The van der Waals surface area contributed by atoms with Gasteiger partial charge in [0.15, 0.2) is 5.60 Å². The Bertz CT molecular complexity index is 264. The zero-order valence-electron chi connectivity index (χ0n) is 7.63. The molecule has 4 heteroatoms. The number of alkyl carbamates (subject to hydrolysis) is 1. The second-order valence-electron chi connectivity index (χ2n) is 4.04. The van der Waals surface area contributed by atoms with Crippen molar-refractivity contribution in [3.05, 3.63) is 0 Å². The van der Waals surface area contributed by atoms with Gasteiger partial charge in [-0.2, -0.15) is 0 Å². The predicted octanol–water partition coefficient (Wildman–Crippen LogP) is 1.20. The minimum absolute atomic E-state index is 0.246. The normalized spacial score (nSPS) is 39.0. The molecule has 2 rings (SSSR count). The lowest BCUT2D eigenvalue weighted by molar-refractivity contribution is -0.135. The second-order valence-corrected chi connectivity index (χ2v) is 4.04. The first-order valence-electron chi connectivity index (χ1n) is 4.67. The summed E-state index contributed by atoms with van der Waals surface area (Å²) < 4.78 is 5.07. The molecule has 0 aromatic carbocycles. The van der Waals surface area contributed by atoms with Gasteiger partial charge in [-0.05, 0) is 25.2 Å². The molecule has 1 heterocycles. The average Bonchev–Trinajstić information content (AvgIpc) is 2.26. The minimum atomic E-state index is -0.825. The van der Waals surface area contributed by atoms with Crippen LogP contribution in [-0.2, 0) is 9.53 Å². The van der Waals surface area contributed by atoms with Crippen LogP contribution in [0.1, 0.15) is 32.6 Å². The van der Waals surface area contributed by atoms with Gasteiger partial charge in [0.1, 0.15) is 0 Å². The largest absolute Gasteiger partial charge is 0.432 e. The molecular formula is C9H13NO3. The summed E-state index contributed by atoms with van der Waals surface area (Å²) in [6.45, 7) is 2.08. The van der Waals surface area contributed by atoms with Crippen molar-refractivity contribution in [2.45, 2.75) is 38.2 Å². The zero-order chi connectivity index (χ0) is 9.47. The Morgan fingerprint density at radius 1 is 1.54 bits per heavy atom. The third kappa shape index (κ3) is 1.30. The summed E-state index contributed by atoms with van der Waals surface area (Å²) in [6, 6.07) is 0. The number of amides is 2. The summed E-state index contributed by atoms with van der Waals surface area (Å²) in [7, 11) is 0. The van der Waals surface area contributed by atoms with Gasteiger partial charge in [0.05, 0.1) is 0 Å². The van der Waals surface area contributed by atoms with Crippen LogP contribution < -0.4 is 5.32 Å². The first-order chi connectivity index (χ1) is 6.12. The molecule has 2 aliphatic rings. The van der Waals surface area contributed by atoms with E-state index in [1.54, 1.807) is 0 Å². The summed E-state index contributed by atoms with van der Waals surface area (Å²) in [6.07, 6.45) is 2.84. The number of carbonyl (C=O) groups excluding carboxylic acids is 2. The lowest BCUT2D eigenvalue weighted by atomic mass is 9.78. The van der Waals surface area contributed by atoms with Crippen molar-refractivity contribution in [1.29, 1.82) is 0 Å². The Labute approximate surface area is 76.6 Å². The molecule has 4 nitrogen and oxygen atoms in total. The Morgan fingerprint density at radius 2 is 2.31 bits per heavy atom. The molecule has 0 aromatic heterocycles. The number of hydrogen-bond acceptors (Lipinski definition) is 3. The molecule has 1 saturated carbocycles. The van der Waals surface area contributed by atoms with E-state index in [4.69, 9.17) is 4.74 Å². The van der Waals surface area contributed by atoms with Crippen molar-refractivity contribution < 1.29 is 14.3 Å². The van der Waals surface area contributed by atoms with E-state index in [9.17, 15) is 9.59 Å². The highest BCUT2D eigenvalue weighted by Crippen LogP contribution is 2.37. The van der Waals surface area contributed by atoms with Crippen LogP contribution in [0.2, 0.25) is 0 Å². The quantitative estimate of drug-likeness (QED) is 0.614. The van der Waals surface area contributed by atoms with E-state index in [-0.39, 0.29) is 5.91 Å².